The molecule has 2 nitrogen and oxygen atoms in total. The highest BCUT2D eigenvalue weighted by molar-refractivity contribution is 5.86. The van der Waals surface area contributed by atoms with Crippen LogP contribution in [0.3, 0.4) is 0 Å². The Morgan fingerprint density at radius 2 is 1.68 bits per heavy atom. The third kappa shape index (κ3) is 4.35. The van der Waals surface area contributed by atoms with Crippen LogP contribution in [0.25, 0.3) is 10.8 Å². The van der Waals surface area contributed by atoms with Gasteiger partial charge in [-0.25, -0.2) is 4.39 Å². The van der Waals surface area contributed by atoms with Gasteiger partial charge >= 0.3 is 12.7 Å². The molecule has 3 aromatic rings. The van der Waals surface area contributed by atoms with Crippen molar-refractivity contribution >= 4 is 10.8 Å². The van der Waals surface area contributed by atoms with Gasteiger partial charge in [-0.2, -0.15) is 17.6 Å². The molecule has 0 heterocycles. The van der Waals surface area contributed by atoms with Gasteiger partial charge in [0.15, 0.2) is 11.6 Å². The first-order valence-electron chi connectivity index (χ1n) is 8.63. The summed E-state index contributed by atoms with van der Waals surface area (Å²) in [7, 11) is 0. The summed E-state index contributed by atoms with van der Waals surface area (Å²) in [6.45, 7) is -1.17. The molecule has 148 valence electrons. The van der Waals surface area contributed by atoms with Crippen molar-refractivity contribution in [2.45, 2.75) is 32.5 Å². The highest BCUT2D eigenvalue weighted by Gasteiger charge is 2.34. The molecule has 0 saturated carbocycles. The van der Waals surface area contributed by atoms with Crippen molar-refractivity contribution in [2.75, 3.05) is 0 Å². The molecule has 0 amide bonds. The maximum atomic E-state index is 14.4. The Hall–Kier alpha value is -2.83. The Balaban J connectivity index is 1.85. The van der Waals surface area contributed by atoms with Crippen LogP contribution in [0.1, 0.15) is 24.5 Å². The average molecular weight is 396 g/mol. The summed E-state index contributed by atoms with van der Waals surface area (Å²) in [5.41, 5.74) is 0.643. The molecule has 3 aromatic carbocycles. The molecule has 0 spiro atoms. The summed E-state index contributed by atoms with van der Waals surface area (Å²) in [5.74, 6) is -1.80. The fourth-order valence-corrected chi connectivity index (χ4v) is 2.86. The number of hydrogen-bond donors (Lipinski definition) is 0. The van der Waals surface area contributed by atoms with Gasteiger partial charge in [0.25, 0.3) is 0 Å². The Labute approximate surface area is 158 Å². The molecule has 0 aromatic heterocycles. The van der Waals surface area contributed by atoms with Gasteiger partial charge in [-0.05, 0) is 53.8 Å². The largest absolute Gasteiger partial charge is 0.432 e. The van der Waals surface area contributed by atoms with Crippen molar-refractivity contribution < 1.29 is 31.4 Å². The van der Waals surface area contributed by atoms with Crippen molar-refractivity contribution in [3.8, 4) is 11.5 Å². The minimum atomic E-state index is -3.59. The van der Waals surface area contributed by atoms with E-state index in [-0.39, 0.29) is 22.1 Å². The number of benzene rings is 3. The zero-order chi connectivity index (χ0) is 20.3. The number of aryl methyl sites for hydroxylation is 1. The molecule has 0 radical (unpaired) electrons. The quantitative estimate of drug-likeness (QED) is 0.416. The lowest BCUT2D eigenvalue weighted by Gasteiger charge is -2.19. The minimum absolute atomic E-state index is 0.0438. The van der Waals surface area contributed by atoms with E-state index in [1.54, 1.807) is 12.1 Å². The lowest BCUT2D eigenvalue weighted by Crippen LogP contribution is -2.21. The van der Waals surface area contributed by atoms with Crippen molar-refractivity contribution in [3.63, 3.8) is 0 Å². The second kappa shape index (κ2) is 8.04. The molecule has 28 heavy (non-hydrogen) atoms. The number of halogens is 5. The number of fused-ring (bicyclic) bond motifs is 1. The van der Waals surface area contributed by atoms with Crippen LogP contribution < -0.4 is 9.47 Å². The fourth-order valence-electron chi connectivity index (χ4n) is 2.86. The van der Waals surface area contributed by atoms with Gasteiger partial charge < -0.3 is 9.47 Å². The van der Waals surface area contributed by atoms with E-state index in [4.69, 9.17) is 4.74 Å². The summed E-state index contributed by atoms with van der Waals surface area (Å²) < 4.78 is 76.6. The van der Waals surface area contributed by atoms with Gasteiger partial charge in [0, 0.05) is 5.39 Å². The molecule has 0 aliphatic heterocycles. The van der Waals surface area contributed by atoms with E-state index >= 15 is 0 Å². The molecule has 3 rings (SSSR count). The Morgan fingerprint density at radius 1 is 0.964 bits per heavy atom. The first-order chi connectivity index (χ1) is 13.3. The van der Waals surface area contributed by atoms with Gasteiger partial charge in [0.05, 0.1) is 5.56 Å². The molecule has 0 fully saturated rings. The topological polar surface area (TPSA) is 18.5 Å². The zero-order valence-corrected chi connectivity index (χ0v) is 14.9. The molecule has 0 N–H and O–H groups in total. The lowest BCUT2D eigenvalue weighted by atomic mass is 10.1. The normalized spacial score (nSPS) is 11.8. The molecule has 0 atom stereocenters. The van der Waals surface area contributed by atoms with Crippen LogP contribution in [0.2, 0.25) is 0 Å². The van der Waals surface area contributed by atoms with Gasteiger partial charge in [-0.3, -0.25) is 0 Å². The first-order valence-corrected chi connectivity index (χ1v) is 8.63. The van der Waals surface area contributed by atoms with Gasteiger partial charge in [-0.15, -0.1) is 0 Å². The summed E-state index contributed by atoms with van der Waals surface area (Å²) in [6.07, 6.45) is -1.89. The average Bonchev–Trinajstić information content (AvgIpc) is 2.64. The first kappa shape index (κ1) is 19.9. The van der Waals surface area contributed by atoms with E-state index in [0.717, 1.165) is 30.5 Å². The second-order valence-electron chi connectivity index (χ2n) is 6.20. The van der Waals surface area contributed by atoms with E-state index in [1.807, 2.05) is 6.92 Å². The van der Waals surface area contributed by atoms with Crippen molar-refractivity contribution in [3.05, 3.63) is 71.5 Å². The molecule has 0 aliphatic rings. The number of alkyl halides is 4. The van der Waals surface area contributed by atoms with Gasteiger partial charge in [0.2, 0.25) is 0 Å². The number of hydrogen-bond acceptors (Lipinski definition) is 2. The molecule has 0 saturated heterocycles. The SMILES string of the molecule is CCCc1ccc(C(F)(F)Oc2ccc3c(F)c(OC(F)F)ccc3c2)cc1. The second-order valence-corrected chi connectivity index (χ2v) is 6.20. The predicted octanol–water partition coefficient (Wildman–Crippen LogP) is 6.66. The van der Waals surface area contributed by atoms with E-state index in [2.05, 4.69) is 4.74 Å². The summed E-state index contributed by atoms with van der Waals surface area (Å²) in [5, 5.41) is 0.170. The fraction of sp³-hybridized carbons (Fsp3) is 0.238. The Bertz CT molecular complexity index is 955. The molecule has 0 bridgehead atoms. The standard InChI is InChI=1S/C21H17F5O2/c1-2-3-13-4-7-15(8-5-13)21(25,26)28-16-9-10-17-14(12-16)6-11-18(19(17)22)27-20(23)24/h4-12,20H,2-3H2,1H3. The highest BCUT2D eigenvalue weighted by Crippen LogP contribution is 2.35. The van der Waals surface area contributed by atoms with Crippen molar-refractivity contribution in [1.29, 1.82) is 0 Å². The molecule has 7 heteroatoms. The molecule has 0 unspecified atom stereocenters. The van der Waals surface area contributed by atoms with E-state index in [9.17, 15) is 22.0 Å². The van der Waals surface area contributed by atoms with Crippen LogP contribution in [0.5, 0.6) is 11.5 Å². The Morgan fingerprint density at radius 3 is 2.32 bits per heavy atom. The van der Waals surface area contributed by atoms with Crippen LogP contribution in [-0.2, 0) is 12.5 Å². The molecular formula is C21H17F5O2. The van der Waals surface area contributed by atoms with Crippen LogP contribution in [0.4, 0.5) is 22.0 Å². The molecule has 0 aliphatic carbocycles. The van der Waals surface area contributed by atoms with Crippen molar-refractivity contribution in [2.24, 2.45) is 0 Å². The zero-order valence-electron chi connectivity index (χ0n) is 14.9. The number of rotatable bonds is 7. The van der Waals surface area contributed by atoms with Crippen LogP contribution in [0.15, 0.2) is 54.6 Å². The monoisotopic (exact) mass is 396 g/mol. The molecular weight excluding hydrogens is 379 g/mol. The maximum absolute atomic E-state index is 14.4. The summed E-state index contributed by atoms with van der Waals surface area (Å²) in [6, 6.07) is 11.7. The lowest BCUT2D eigenvalue weighted by molar-refractivity contribution is -0.185. The third-order valence-corrected chi connectivity index (χ3v) is 4.18. The van der Waals surface area contributed by atoms with Crippen LogP contribution in [0, 0.1) is 5.82 Å². The summed E-state index contributed by atoms with van der Waals surface area (Å²) >= 11 is 0. The number of ether oxygens (including phenoxy) is 2. The van der Waals surface area contributed by atoms with E-state index in [0.29, 0.717) is 0 Å². The van der Waals surface area contributed by atoms with Crippen molar-refractivity contribution in [1.82, 2.24) is 0 Å². The van der Waals surface area contributed by atoms with Gasteiger partial charge in [0.1, 0.15) is 5.75 Å². The van der Waals surface area contributed by atoms with Gasteiger partial charge in [-0.1, -0.05) is 31.5 Å². The van der Waals surface area contributed by atoms with Crippen LogP contribution >= 0.6 is 0 Å². The predicted molar refractivity (Wildman–Crippen MR) is 95.5 cm³/mol. The maximum Gasteiger partial charge on any atom is 0.426 e. The van der Waals surface area contributed by atoms with E-state index < -0.39 is 24.3 Å². The van der Waals surface area contributed by atoms with Crippen LogP contribution in [-0.4, -0.2) is 6.61 Å². The highest BCUT2D eigenvalue weighted by atomic mass is 19.3. The third-order valence-electron chi connectivity index (χ3n) is 4.18. The van der Waals surface area contributed by atoms with E-state index in [1.165, 1.54) is 30.3 Å². The smallest absolute Gasteiger partial charge is 0.426 e. The summed E-state index contributed by atoms with van der Waals surface area (Å²) in [4.78, 5) is 0. The minimum Gasteiger partial charge on any atom is -0.432 e. The Kier molecular flexibility index (Phi) is 5.72.